The van der Waals surface area contributed by atoms with E-state index in [1.165, 1.54) is 47.7 Å². The number of ether oxygens (including phenoxy) is 1. The molecule has 1 saturated carbocycles. The largest absolute Gasteiger partial charge is 0.371 e. The van der Waals surface area contributed by atoms with E-state index >= 15 is 0 Å². The maximum atomic E-state index is 5.95. The molecule has 1 aromatic rings. The topological polar surface area (TPSA) is 34.1 Å². The van der Waals surface area contributed by atoms with Crippen molar-refractivity contribution in [3.05, 3.63) is 15.6 Å². The second kappa shape index (κ2) is 5.90. The van der Waals surface area contributed by atoms with Crippen molar-refractivity contribution in [3.63, 3.8) is 0 Å². The minimum atomic E-state index is 0.267. The number of hydrogen-bond acceptors (Lipinski definition) is 4. The Morgan fingerprint density at radius 3 is 2.89 bits per heavy atom. The maximum Gasteiger partial charge on any atom is 0.122 e. The summed E-state index contributed by atoms with van der Waals surface area (Å²) >= 11 is 1.91. The van der Waals surface area contributed by atoms with Gasteiger partial charge in [0, 0.05) is 11.5 Å². The fourth-order valence-corrected chi connectivity index (χ4v) is 4.30. The summed E-state index contributed by atoms with van der Waals surface area (Å²) in [4.78, 5) is 6.46. The minimum Gasteiger partial charge on any atom is -0.371 e. The number of nitrogens with zero attached hydrogens (tertiary/aromatic N) is 1. The van der Waals surface area contributed by atoms with E-state index in [2.05, 4.69) is 19.2 Å². The first-order chi connectivity index (χ1) is 9.33. The number of aryl methyl sites for hydroxylation is 1. The summed E-state index contributed by atoms with van der Waals surface area (Å²) < 4.78 is 5.95. The average Bonchev–Trinajstić information content (AvgIpc) is 3.15. The average molecular weight is 280 g/mol. The van der Waals surface area contributed by atoms with Crippen molar-refractivity contribution in [3.8, 4) is 0 Å². The molecule has 2 aliphatic carbocycles. The van der Waals surface area contributed by atoms with Crippen LogP contribution in [0.25, 0.3) is 0 Å². The molecule has 3 nitrogen and oxygen atoms in total. The number of nitrogens with one attached hydrogen (secondary N) is 1. The first-order valence-corrected chi connectivity index (χ1v) is 8.49. The van der Waals surface area contributed by atoms with E-state index < -0.39 is 0 Å². The lowest BCUT2D eigenvalue weighted by molar-refractivity contribution is 0.0460. The lowest BCUT2D eigenvalue weighted by Crippen LogP contribution is -2.24. The molecule has 2 aliphatic rings. The Morgan fingerprint density at radius 2 is 2.21 bits per heavy atom. The number of rotatable bonds is 6. The van der Waals surface area contributed by atoms with Gasteiger partial charge in [0.2, 0.25) is 0 Å². The van der Waals surface area contributed by atoms with Crippen LogP contribution in [0.5, 0.6) is 0 Å². The van der Waals surface area contributed by atoms with Gasteiger partial charge in [0.15, 0.2) is 0 Å². The molecule has 2 unspecified atom stereocenters. The number of hydrogen-bond donors (Lipinski definition) is 1. The maximum absolute atomic E-state index is 5.95. The van der Waals surface area contributed by atoms with Crippen LogP contribution in [0.4, 0.5) is 0 Å². The molecule has 4 heteroatoms. The standard InChI is InChI=1S/C15H24N2OS/c1-3-16-11-6-5-7-12-13(11)17-15(19-12)14(18-4-2)10-8-9-10/h10-11,14,16H,3-9H2,1-2H3. The summed E-state index contributed by atoms with van der Waals surface area (Å²) in [6, 6.07) is 0.472. The summed E-state index contributed by atoms with van der Waals surface area (Å²) in [5, 5.41) is 4.81. The van der Waals surface area contributed by atoms with E-state index in [1.807, 2.05) is 11.3 Å². The molecule has 0 saturated heterocycles. The molecule has 3 rings (SSSR count). The third kappa shape index (κ3) is 2.86. The predicted molar refractivity (Wildman–Crippen MR) is 78.6 cm³/mol. The Kier molecular flexibility index (Phi) is 4.20. The second-order valence-corrected chi connectivity index (χ2v) is 6.69. The van der Waals surface area contributed by atoms with Crippen LogP contribution < -0.4 is 5.32 Å². The van der Waals surface area contributed by atoms with E-state index in [4.69, 9.17) is 9.72 Å². The molecule has 0 bridgehead atoms. The van der Waals surface area contributed by atoms with Crippen LogP contribution in [-0.2, 0) is 11.2 Å². The van der Waals surface area contributed by atoms with Crippen LogP contribution in [0.2, 0.25) is 0 Å². The fourth-order valence-electron chi connectivity index (χ4n) is 2.99. The van der Waals surface area contributed by atoms with Crippen molar-refractivity contribution in [1.82, 2.24) is 10.3 Å². The Hall–Kier alpha value is -0.450. The normalized spacial score (nSPS) is 24.2. The first-order valence-electron chi connectivity index (χ1n) is 7.68. The molecular formula is C15H24N2OS. The summed E-state index contributed by atoms with van der Waals surface area (Å²) in [5.41, 5.74) is 1.32. The highest BCUT2D eigenvalue weighted by molar-refractivity contribution is 7.11. The van der Waals surface area contributed by atoms with Crippen molar-refractivity contribution in [1.29, 1.82) is 0 Å². The van der Waals surface area contributed by atoms with Gasteiger partial charge in [0.05, 0.1) is 11.7 Å². The fraction of sp³-hybridized carbons (Fsp3) is 0.800. The third-order valence-corrected chi connectivity index (χ3v) is 5.25. The lowest BCUT2D eigenvalue weighted by atomic mass is 9.97. The van der Waals surface area contributed by atoms with Crippen LogP contribution in [0.3, 0.4) is 0 Å². The van der Waals surface area contributed by atoms with Crippen LogP contribution in [0, 0.1) is 5.92 Å². The number of aromatic nitrogens is 1. The quantitative estimate of drug-likeness (QED) is 0.864. The molecule has 0 spiro atoms. The van der Waals surface area contributed by atoms with Gasteiger partial charge in [0.1, 0.15) is 11.1 Å². The molecule has 1 N–H and O–H groups in total. The van der Waals surface area contributed by atoms with Crippen molar-refractivity contribution in [2.24, 2.45) is 5.92 Å². The molecule has 1 fully saturated rings. The summed E-state index contributed by atoms with van der Waals surface area (Å²) in [6.45, 7) is 6.08. The number of fused-ring (bicyclic) bond motifs is 1. The predicted octanol–water partition coefficient (Wildman–Crippen LogP) is 3.62. The van der Waals surface area contributed by atoms with Gasteiger partial charge >= 0.3 is 0 Å². The highest BCUT2D eigenvalue weighted by Crippen LogP contribution is 2.46. The van der Waals surface area contributed by atoms with Gasteiger partial charge in [0.25, 0.3) is 0 Å². The minimum absolute atomic E-state index is 0.267. The van der Waals surface area contributed by atoms with Crippen molar-refractivity contribution in [2.45, 2.75) is 58.1 Å². The van der Waals surface area contributed by atoms with Crippen molar-refractivity contribution in [2.75, 3.05) is 13.2 Å². The van der Waals surface area contributed by atoms with E-state index in [0.717, 1.165) is 19.1 Å². The number of thiazole rings is 1. The van der Waals surface area contributed by atoms with Crippen molar-refractivity contribution < 1.29 is 4.74 Å². The zero-order valence-corrected chi connectivity index (χ0v) is 12.8. The van der Waals surface area contributed by atoms with Gasteiger partial charge in [-0.1, -0.05) is 6.92 Å². The smallest absolute Gasteiger partial charge is 0.122 e. The Balaban J connectivity index is 1.83. The zero-order chi connectivity index (χ0) is 13.2. The molecule has 0 amide bonds. The zero-order valence-electron chi connectivity index (χ0n) is 11.9. The highest BCUT2D eigenvalue weighted by atomic mass is 32.1. The molecule has 0 radical (unpaired) electrons. The lowest BCUT2D eigenvalue weighted by Gasteiger charge is -2.21. The Labute approximate surface area is 119 Å². The van der Waals surface area contributed by atoms with Crippen molar-refractivity contribution >= 4 is 11.3 Å². The molecule has 1 aromatic heterocycles. The van der Waals surface area contributed by atoms with Crippen LogP contribution in [0.15, 0.2) is 0 Å². The monoisotopic (exact) mass is 280 g/mol. The van der Waals surface area contributed by atoms with Gasteiger partial charge in [-0.05, 0) is 51.5 Å². The van der Waals surface area contributed by atoms with Gasteiger partial charge in [-0.25, -0.2) is 4.98 Å². The molecular weight excluding hydrogens is 256 g/mol. The highest BCUT2D eigenvalue weighted by Gasteiger charge is 2.36. The van der Waals surface area contributed by atoms with Crippen LogP contribution in [-0.4, -0.2) is 18.1 Å². The molecule has 2 atom stereocenters. The van der Waals surface area contributed by atoms with E-state index in [1.54, 1.807) is 0 Å². The molecule has 19 heavy (non-hydrogen) atoms. The Bertz CT molecular complexity index is 428. The van der Waals surface area contributed by atoms with Gasteiger partial charge < -0.3 is 10.1 Å². The summed E-state index contributed by atoms with van der Waals surface area (Å²) in [5.74, 6) is 0.727. The van der Waals surface area contributed by atoms with Crippen LogP contribution >= 0.6 is 11.3 Å². The molecule has 0 aliphatic heterocycles. The molecule has 1 heterocycles. The van der Waals surface area contributed by atoms with Gasteiger partial charge in [-0.3, -0.25) is 0 Å². The molecule has 106 valence electrons. The SMILES string of the molecule is CCNC1CCCc2sc(C(OCC)C3CC3)nc21. The second-order valence-electron chi connectivity index (χ2n) is 5.58. The van der Waals surface area contributed by atoms with E-state index in [-0.39, 0.29) is 6.10 Å². The van der Waals surface area contributed by atoms with E-state index in [0.29, 0.717) is 6.04 Å². The Morgan fingerprint density at radius 1 is 1.37 bits per heavy atom. The van der Waals surface area contributed by atoms with Gasteiger partial charge in [-0.2, -0.15) is 0 Å². The third-order valence-electron chi connectivity index (χ3n) is 4.06. The first kappa shape index (κ1) is 13.5. The summed E-state index contributed by atoms with van der Waals surface area (Å²) in [7, 11) is 0. The van der Waals surface area contributed by atoms with Crippen LogP contribution in [0.1, 0.15) is 67.3 Å². The van der Waals surface area contributed by atoms with Gasteiger partial charge in [-0.15, -0.1) is 11.3 Å². The molecule has 0 aromatic carbocycles. The van der Waals surface area contributed by atoms with E-state index in [9.17, 15) is 0 Å². The summed E-state index contributed by atoms with van der Waals surface area (Å²) in [6.07, 6.45) is 6.61.